The zero-order chi connectivity index (χ0) is 21.4. The van der Waals surface area contributed by atoms with E-state index in [1.54, 1.807) is 12.1 Å². The number of nitrogens with one attached hydrogen (secondary N) is 1. The fourth-order valence-electron chi connectivity index (χ4n) is 2.36. The molecule has 0 atom stereocenters. The van der Waals surface area contributed by atoms with Gasteiger partial charge in [0.15, 0.2) is 17.4 Å². The molecular weight excluding hydrogens is 400 g/mol. The Balaban J connectivity index is 0.000000218. The molecule has 29 heavy (non-hydrogen) atoms. The highest BCUT2D eigenvalue weighted by Crippen LogP contribution is 2.34. The molecule has 0 spiro atoms. The van der Waals surface area contributed by atoms with Crippen molar-refractivity contribution in [2.45, 2.75) is 12.8 Å². The number of rotatable bonds is 5. The summed E-state index contributed by atoms with van der Waals surface area (Å²) in [6.07, 6.45) is 3.44. The van der Waals surface area contributed by atoms with Crippen molar-refractivity contribution in [3.05, 3.63) is 42.1 Å². The minimum Gasteiger partial charge on any atom is -0.493 e. The first kappa shape index (κ1) is 21.8. The van der Waals surface area contributed by atoms with Gasteiger partial charge in [-0.1, -0.05) is 16.5 Å². The van der Waals surface area contributed by atoms with Crippen LogP contribution in [0.4, 0.5) is 16.3 Å². The van der Waals surface area contributed by atoms with Crippen LogP contribution in [0.3, 0.4) is 0 Å². The van der Waals surface area contributed by atoms with Crippen molar-refractivity contribution >= 4 is 33.8 Å². The Labute approximate surface area is 168 Å². The summed E-state index contributed by atoms with van der Waals surface area (Å²) in [6, 6.07) is 7.73. The molecule has 1 fully saturated rings. The van der Waals surface area contributed by atoms with E-state index in [0.29, 0.717) is 17.0 Å². The second-order valence-electron chi connectivity index (χ2n) is 5.86. The fraction of sp³-hybridized carbons (Fsp3) is 0.278. The summed E-state index contributed by atoms with van der Waals surface area (Å²) in [5, 5.41) is 2.15. The molecule has 1 aromatic carbocycles. The minimum atomic E-state index is -2.82. The van der Waals surface area contributed by atoms with Gasteiger partial charge >= 0.3 is 16.5 Å². The number of nitrogens with zero attached hydrogens (tertiary/aromatic N) is 2. The van der Waals surface area contributed by atoms with Crippen molar-refractivity contribution in [1.82, 2.24) is 4.98 Å². The van der Waals surface area contributed by atoms with Crippen LogP contribution in [0, 0.1) is 5.92 Å². The Morgan fingerprint density at radius 1 is 1.17 bits per heavy atom. The van der Waals surface area contributed by atoms with Gasteiger partial charge in [0, 0.05) is 29.4 Å². The van der Waals surface area contributed by atoms with Gasteiger partial charge in [0.05, 0.1) is 14.2 Å². The predicted octanol–water partition coefficient (Wildman–Crippen LogP) is 2.55. The monoisotopic (exact) mass is 420 g/mol. The lowest BCUT2D eigenvalue weighted by molar-refractivity contribution is 0.0968. The number of urea groups is 1. The lowest BCUT2D eigenvalue weighted by atomic mass is 10.1. The first-order valence-corrected chi connectivity index (χ1v) is 9.48. The van der Waals surface area contributed by atoms with Crippen LogP contribution in [0.25, 0.3) is 0 Å². The Kier molecular flexibility index (Phi) is 7.66. The zero-order valence-corrected chi connectivity index (χ0v) is 16.6. The van der Waals surface area contributed by atoms with Crippen LogP contribution in [-0.4, -0.2) is 39.4 Å². The van der Waals surface area contributed by atoms with Gasteiger partial charge in [0.1, 0.15) is 0 Å². The summed E-state index contributed by atoms with van der Waals surface area (Å²) >= 11 is 0. The van der Waals surface area contributed by atoms with Gasteiger partial charge in [-0.3, -0.25) is 10.1 Å². The first-order valence-electron chi connectivity index (χ1n) is 8.45. The van der Waals surface area contributed by atoms with Crippen LogP contribution in [-0.2, 0) is 10.5 Å². The smallest absolute Gasteiger partial charge is 0.361 e. The average molecular weight is 420 g/mol. The van der Waals surface area contributed by atoms with Gasteiger partial charge < -0.3 is 15.2 Å². The molecule has 0 bridgehead atoms. The standard InChI is InChI=1S/C10H11NO.C8H9N3O5S/c11-9-4-2-1-3-8(9)10(12)7-5-6-7;1-15-5-3-4-9-7(6(5)16-2)10-8(12)11-17(13)14/h1-4,7H,5-6,11H2;3-4H,1-2H3,(H,9,10,12). The number of nitrogen functional groups attached to an aromatic ring is 1. The molecule has 3 N–H and O–H groups in total. The molecule has 1 saturated carbocycles. The topological polar surface area (TPSA) is 150 Å². The molecule has 0 radical (unpaired) electrons. The Hall–Kier alpha value is -3.47. The van der Waals surface area contributed by atoms with Gasteiger partial charge in [0.25, 0.3) is 0 Å². The summed E-state index contributed by atoms with van der Waals surface area (Å²) < 4.78 is 33.0. The summed E-state index contributed by atoms with van der Waals surface area (Å²) in [5.74, 6) is 1.02. The van der Waals surface area contributed by atoms with Crippen molar-refractivity contribution in [1.29, 1.82) is 0 Å². The van der Waals surface area contributed by atoms with E-state index in [1.807, 2.05) is 12.1 Å². The zero-order valence-electron chi connectivity index (χ0n) is 15.8. The van der Waals surface area contributed by atoms with Gasteiger partial charge in [-0.15, -0.1) is 0 Å². The maximum absolute atomic E-state index is 11.5. The number of benzene rings is 1. The SMILES string of the molecule is COc1ccnc(NC(=O)N=S(=O)=O)c1OC.Nc1ccccc1C(=O)C1CC1. The van der Waals surface area contributed by atoms with E-state index in [4.69, 9.17) is 15.2 Å². The Morgan fingerprint density at radius 2 is 1.86 bits per heavy atom. The largest absolute Gasteiger partial charge is 0.493 e. The number of nitrogens with two attached hydrogens (primary N) is 1. The van der Waals surface area contributed by atoms with Crippen LogP contribution < -0.4 is 20.5 Å². The third kappa shape index (κ3) is 6.28. The quantitative estimate of drug-likeness (QED) is 0.553. The van der Waals surface area contributed by atoms with Crippen LogP contribution >= 0.6 is 0 Å². The Bertz CT molecular complexity index is 1030. The average Bonchev–Trinajstić information content (AvgIpc) is 3.52. The van der Waals surface area contributed by atoms with E-state index in [0.717, 1.165) is 12.8 Å². The molecule has 2 aromatic rings. The highest BCUT2D eigenvalue weighted by Gasteiger charge is 2.31. The molecule has 154 valence electrons. The summed E-state index contributed by atoms with van der Waals surface area (Å²) in [6.45, 7) is 0. The Morgan fingerprint density at radius 3 is 2.41 bits per heavy atom. The van der Waals surface area contributed by atoms with Gasteiger partial charge in [-0.25, -0.2) is 9.78 Å². The van der Waals surface area contributed by atoms with Crippen molar-refractivity contribution in [2.24, 2.45) is 10.3 Å². The number of amides is 2. The number of ether oxygens (including phenoxy) is 2. The first-order chi connectivity index (χ1) is 13.9. The van der Waals surface area contributed by atoms with E-state index in [1.165, 1.54) is 26.5 Å². The highest BCUT2D eigenvalue weighted by molar-refractivity contribution is 7.62. The van der Waals surface area contributed by atoms with E-state index >= 15 is 0 Å². The summed E-state index contributed by atoms with van der Waals surface area (Å²) in [7, 11) is -0.0455. The second-order valence-corrected chi connectivity index (χ2v) is 6.48. The number of hydrogen-bond donors (Lipinski definition) is 2. The van der Waals surface area contributed by atoms with E-state index < -0.39 is 16.5 Å². The molecule has 10 nitrogen and oxygen atoms in total. The number of methoxy groups -OCH3 is 2. The molecule has 1 aromatic heterocycles. The molecule has 0 unspecified atom stereocenters. The van der Waals surface area contributed by atoms with E-state index in [9.17, 15) is 18.0 Å². The minimum absolute atomic E-state index is 0.0195. The molecular formula is C18H20N4O6S. The van der Waals surface area contributed by atoms with Crippen LogP contribution in [0.15, 0.2) is 40.9 Å². The number of hydrogen-bond acceptors (Lipinski definition) is 8. The predicted molar refractivity (Wildman–Crippen MR) is 106 cm³/mol. The number of carbonyl (C=O) groups excluding carboxylic acids is 2. The molecule has 1 heterocycles. The molecule has 2 amide bonds. The number of pyridine rings is 1. The molecule has 0 aliphatic heterocycles. The van der Waals surface area contributed by atoms with Crippen molar-refractivity contribution in [2.75, 3.05) is 25.3 Å². The van der Waals surface area contributed by atoms with Crippen LogP contribution in [0.2, 0.25) is 0 Å². The summed E-state index contributed by atoms with van der Waals surface area (Å²) in [5.41, 5.74) is 6.97. The molecule has 1 aliphatic carbocycles. The number of anilines is 2. The van der Waals surface area contributed by atoms with E-state index in [-0.39, 0.29) is 23.3 Å². The third-order valence-corrected chi connectivity index (χ3v) is 4.16. The second kappa shape index (κ2) is 10.2. The van der Waals surface area contributed by atoms with Crippen molar-refractivity contribution < 1.29 is 27.5 Å². The number of para-hydroxylation sites is 1. The maximum Gasteiger partial charge on any atom is 0.361 e. The lowest BCUT2D eigenvalue weighted by Crippen LogP contribution is -2.09. The fourth-order valence-corrected chi connectivity index (χ4v) is 2.54. The molecule has 0 saturated heterocycles. The van der Waals surface area contributed by atoms with Crippen LogP contribution in [0.5, 0.6) is 11.5 Å². The van der Waals surface area contributed by atoms with Crippen molar-refractivity contribution in [3.8, 4) is 11.5 Å². The number of aromatic nitrogens is 1. The highest BCUT2D eigenvalue weighted by atomic mass is 32.2. The molecule has 3 rings (SSSR count). The molecule has 11 heteroatoms. The number of carbonyl (C=O) groups is 2. The molecule has 1 aliphatic rings. The number of Topliss-reactive ketones (excluding diaryl/α,β-unsaturated/α-hetero) is 1. The normalized spacial score (nSPS) is 12.1. The summed E-state index contributed by atoms with van der Waals surface area (Å²) in [4.78, 5) is 26.4. The maximum atomic E-state index is 11.5. The third-order valence-electron chi connectivity index (χ3n) is 3.85. The van der Waals surface area contributed by atoms with Gasteiger partial charge in [0.2, 0.25) is 5.75 Å². The number of ketones is 1. The van der Waals surface area contributed by atoms with E-state index in [2.05, 4.69) is 14.7 Å². The lowest BCUT2D eigenvalue weighted by Gasteiger charge is -2.10. The van der Waals surface area contributed by atoms with Crippen molar-refractivity contribution in [3.63, 3.8) is 0 Å². The van der Waals surface area contributed by atoms with Crippen LogP contribution in [0.1, 0.15) is 23.2 Å². The van der Waals surface area contributed by atoms with Gasteiger partial charge in [-0.05, 0) is 25.0 Å². The van der Waals surface area contributed by atoms with Gasteiger partial charge in [-0.2, -0.15) is 8.42 Å².